The van der Waals surface area contributed by atoms with E-state index < -0.39 is 29.1 Å². The van der Waals surface area contributed by atoms with Crippen LogP contribution in [-0.4, -0.2) is 54.2 Å². The molecule has 41 heavy (non-hydrogen) atoms. The molecule has 1 aromatic heterocycles. The predicted molar refractivity (Wildman–Crippen MR) is 144 cm³/mol. The molecular weight excluding hydrogens is 541 g/mol. The Morgan fingerprint density at radius 1 is 0.927 bits per heavy atom. The third kappa shape index (κ3) is 6.21. The van der Waals surface area contributed by atoms with Gasteiger partial charge in [-0.05, 0) is 42.0 Å². The molecule has 0 atom stereocenters. The molecule has 0 unspecified atom stereocenters. The molecule has 11 heteroatoms. The number of fused-ring (bicyclic) bond motifs is 1. The number of methoxy groups -OCH3 is 1. The van der Waals surface area contributed by atoms with Crippen LogP contribution in [0.5, 0.6) is 17.2 Å². The van der Waals surface area contributed by atoms with E-state index in [0.717, 1.165) is 19.6 Å². The van der Waals surface area contributed by atoms with Gasteiger partial charge in [-0.2, -0.15) is 13.2 Å². The Morgan fingerprint density at radius 2 is 1.56 bits per heavy atom. The maximum absolute atomic E-state index is 14.1. The number of piperazine rings is 1. The molecule has 3 aromatic carbocycles. The lowest BCUT2D eigenvalue weighted by molar-refractivity contribution is -0.154. The summed E-state index contributed by atoms with van der Waals surface area (Å²) in [6.07, 6.45) is -5.07. The third-order valence-electron chi connectivity index (χ3n) is 6.95. The van der Waals surface area contributed by atoms with Crippen molar-refractivity contribution >= 4 is 16.9 Å². The molecule has 0 radical (unpaired) electrons. The second-order valence-corrected chi connectivity index (χ2v) is 9.68. The zero-order chi connectivity index (χ0) is 29.1. The Morgan fingerprint density at radius 3 is 2.17 bits per heavy atom. The highest BCUT2D eigenvalue weighted by molar-refractivity contribution is 5.89. The Kier molecular flexibility index (Phi) is 8.00. The number of aromatic hydroxyl groups is 1. The number of esters is 1. The normalized spacial score (nSPS) is 14.7. The first-order valence-electron chi connectivity index (χ1n) is 12.9. The van der Waals surface area contributed by atoms with Crippen molar-refractivity contribution in [1.29, 1.82) is 0 Å². The number of nitrogens with zero attached hydrogens (tertiary/aromatic N) is 2. The van der Waals surface area contributed by atoms with Gasteiger partial charge in [0, 0.05) is 39.3 Å². The Hall–Kier alpha value is -4.35. The van der Waals surface area contributed by atoms with E-state index in [2.05, 4.69) is 21.8 Å². The molecule has 2 heterocycles. The lowest BCUT2D eigenvalue weighted by atomic mass is 10.1. The minimum absolute atomic E-state index is 0.0931. The van der Waals surface area contributed by atoms with Gasteiger partial charge >= 0.3 is 12.1 Å². The standard InChI is InChI=1S/C30H27F3N2O6/c1-39-29(38)20-7-9-21(10-8-20)40-27-25(37)22-11-12-24(36)23(26(22)41-28(27)30(31,32)33)18-35-15-13-34(14-16-35)17-19-5-3-2-4-6-19/h2-12,36H,13-18H2,1H3. The van der Waals surface area contributed by atoms with Gasteiger partial charge in [0.05, 0.1) is 23.6 Å². The predicted octanol–water partition coefficient (Wildman–Crippen LogP) is 5.41. The van der Waals surface area contributed by atoms with Crippen molar-refractivity contribution in [1.82, 2.24) is 9.80 Å². The Labute approximate surface area is 233 Å². The third-order valence-corrected chi connectivity index (χ3v) is 6.95. The van der Waals surface area contributed by atoms with Crippen molar-refractivity contribution in [2.24, 2.45) is 0 Å². The molecule has 0 spiro atoms. The van der Waals surface area contributed by atoms with Gasteiger partial charge in [-0.15, -0.1) is 0 Å². The van der Waals surface area contributed by atoms with Gasteiger partial charge in [0.1, 0.15) is 17.1 Å². The summed E-state index contributed by atoms with van der Waals surface area (Å²) in [7, 11) is 1.20. The first kappa shape index (κ1) is 28.2. The smallest absolute Gasteiger partial charge is 0.453 e. The molecule has 1 saturated heterocycles. The van der Waals surface area contributed by atoms with E-state index in [1.807, 2.05) is 23.1 Å². The largest absolute Gasteiger partial charge is 0.507 e. The maximum atomic E-state index is 14.1. The summed E-state index contributed by atoms with van der Waals surface area (Å²) in [6.45, 7) is 3.56. The Balaban J connectivity index is 1.43. The molecule has 8 nitrogen and oxygen atoms in total. The number of hydrogen-bond donors (Lipinski definition) is 1. The zero-order valence-corrected chi connectivity index (χ0v) is 22.1. The molecule has 1 aliphatic rings. The fraction of sp³-hybridized carbons (Fsp3) is 0.267. The number of carbonyl (C=O) groups excluding carboxylic acids is 1. The van der Waals surface area contributed by atoms with E-state index in [1.54, 1.807) is 0 Å². The fourth-order valence-corrected chi connectivity index (χ4v) is 4.78. The van der Waals surface area contributed by atoms with Crippen LogP contribution in [0.15, 0.2) is 75.9 Å². The van der Waals surface area contributed by atoms with E-state index in [0.29, 0.717) is 13.1 Å². The lowest BCUT2D eigenvalue weighted by Gasteiger charge is -2.34. The maximum Gasteiger partial charge on any atom is 0.453 e. The minimum Gasteiger partial charge on any atom is -0.507 e. The van der Waals surface area contributed by atoms with Crippen molar-refractivity contribution in [3.8, 4) is 17.2 Å². The number of phenolic OH excluding ortho intramolecular Hbond substituents is 1. The molecule has 0 saturated carbocycles. The number of alkyl halides is 3. The van der Waals surface area contributed by atoms with E-state index in [-0.39, 0.29) is 40.1 Å². The molecule has 4 aromatic rings. The van der Waals surface area contributed by atoms with E-state index in [9.17, 15) is 27.9 Å². The molecule has 0 aliphatic carbocycles. The molecule has 0 bridgehead atoms. The van der Waals surface area contributed by atoms with Crippen LogP contribution in [0.1, 0.15) is 27.2 Å². The summed E-state index contributed by atoms with van der Waals surface area (Å²) in [5, 5.41) is 10.5. The second kappa shape index (κ2) is 11.6. The summed E-state index contributed by atoms with van der Waals surface area (Å²) >= 11 is 0. The van der Waals surface area contributed by atoms with Gasteiger partial charge in [-0.3, -0.25) is 14.6 Å². The first-order chi connectivity index (χ1) is 19.6. The number of phenols is 1. The van der Waals surface area contributed by atoms with Crippen LogP contribution in [0, 0.1) is 0 Å². The molecule has 214 valence electrons. The van der Waals surface area contributed by atoms with Gasteiger partial charge in [0.15, 0.2) is 0 Å². The minimum atomic E-state index is -5.07. The molecule has 1 N–H and O–H groups in total. The summed E-state index contributed by atoms with van der Waals surface area (Å²) < 4.78 is 57.7. The van der Waals surface area contributed by atoms with Gasteiger partial charge in [0.25, 0.3) is 5.76 Å². The summed E-state index contributed by atoms with van der Waals surface area (Å²) in [6, 6.07) is 17.6. The van der Waals surface area contributed by atoms with Crippen molar-refractivity contribution < 1.29 is 37.0 Å². The average Bonchev–Trinajstić information content (AvgIpc) is 2.96. The van der Waals surface area contributed by atoms with Crippen LogP contribution in [0.3, 0.4) is 0 Å². The van der Waals surface area contributed by atoms with Gasteiger partial charge in [0.2, 0.25) is 11.2 Å². The zero-order valence-electron chi connectivity index (χ0n) is 22.1. The van der Waals surface area contributed by atoms with E-state index >= 15 is 0 Å². The van der Waals surface area contributed by atoms with Gasteiger partial charge in [-0.25, -0.2) is 4.79 Å². The van der Waals surface area contributed by atoms with Crippen LogP contribution in [0.4, 0.5) is 13.2 Å². The van der Waals surface area contributed by atoms with Crippen LogP contribution >= 0.6 is 0 Å². The fourth-order valence-electron chi connectivity index (χ4n) is 4.78. The monoisotopic (exact) mass is 568 g/mol. The molecular formula is C30H27F3N2O6. The molecule has 1 fully saturated rings. The van der Waals surface area contributed by atoms with Crippen molar-refractivity contribution in [3.63, 3.8) is 0 Å². The summed E-state index contributed by atoms with van der Waals surface area (Å²) in [5.74, 6) is -3.68. The van der Waals surface area contributed by atoms with Gasteiger partial charge < -0.3 is 19.0 Å². The average molecular weight is 569 g/mol. The lowest BCUT2D eigenvalue weighted by Crippen LogP contribution is -2.45. The summed E-state index contributed by atoms with van der Waals surface area (Å²) in [5.41, 5.74) is 0.0524. The van der Waals surface area contributed by atoms with E-state index in [1.165, 1.54) is 49.1 Å². The number of halogens is 3. The molecule has 0 amide bonds. The van der Waals surface area contributed by atoms with Crippen LogP contribution in [0.25, 0.3) is 11.0 Å². The van der Waals surface area contributed by atoms with Crippen molar-refractivity contribution in [2.75, 3.05) is 33.3 Å². The van der Waals surface area contributed by atoms with Gasteiger partial charge in [-0.1, -0.05) is 30.3 Å². The number of ether oxygens (including phenoxy) is 2. The number of hydrogen-bond acceptors (Lipinski definition) is 8. The van der Waals surface area contributed by atoms with Crippen LogP contribution < -0.4 is 10.2 Å². The van der Waals surface area contributed by atoms with Crippen molar-refractivity contribution in [2.45, 2.75) is 19.3 Å². The summed E-state index contributed by atoms with van der Waals surface area (Å²) in [4.78, 5) is 29.3. The SMILES string of the molecule is COC(=O)c1ccc(Oc2c(C(F)(F)F)oc3c(CN4CCN(Cc5ccccc5)CC4)c(O)ccc3c2=O)cc1. The second-order valence-electron chi connectivity index (χ2n) is 9.68. The Bertz CT molecular complexity index is 1600. The highest BCUT2D eigenvalue weighted by Crippen LogP contribution is 2.40. The van der Waals surface area contributed by atoms with Crippen molar-refractivity contribution in [3.05, 3.63) is 99.4 Å². The first-order valence-corrected chi connectivity index (χ1v) is 12.9. The molecule has 5 rings (SSSR count). The quantitative estimate of drug-likeness (QED) is 0.296. The highest BCUT2D eigenvalue weighted by atomic mass is 19.4. The van der Waals surface area contributed by atoms with Crippen LogP contribution in [-0.2, 0) is 24.0 Å². The van der Waals surface area contributed by atoms with Crippen LogP contribution in [0.2, 0.25) is 0 Å². The highest BCUT2D eigenvalue weighted by Gasteiger charge is 2.41. The number of rotatable bonds is 7. The van der Waals surface area contributed by atoms with E-state index in [4.69, 9.17) is 9.15 Å². The molecule has 1 aliphatic heterocycles. The number of benzene rings is 3. The number of carbonyl (C=O) groups is 1. The topological polar surface area (TPSA) is 92.5 Å².